The standard InChI is InChI=1S/C44H37P.Os/c1-4-18-36-29-30-37(44-28-16-15-27-43(36)44)31-32-38(33-39-20-17-19-35(39)5-2)34(3)45(40-21-9-6-10-22-40,41-23-11-7-12-24-41)42-25-13-8-14-26-42;/h4-16,18,21-30,33H,17,19-20H2,1-2H3;/q+1;/b18-4+,35-5?,38-34?,39-33?;. The SMILES string of the molecule is CC=C1CCCC1=CC(C#Cc1ccc(/C=C/C)c2ccccc12)=C([C]#[Os])[P+](c1ccccc1)(c1ccccc1)c1ccccc1. The van der Waals surface area contributed by atoms with Gasteiger partial charge in [-0.2, -0.15) is 0 Å². The van der Waals surface area contributed by atoms with Gasteiger partial charge in [0.15, 0.2) is 0 Å². The molecule has 0 aromatic heterocycles. The average Bonchev–Trinajstić information content (AvgIpc) is 3.58. The van der Waals surface area contributed by atoms with Crippen LogP contribution in [-0.4, -0.2) is 0 Å². The molecule has 0 radical (unpaired) electrons. The molecule has 1 fully saturated rings. The Labute approximate surface area is 284 Å². The van der Waals surface area contributed by atoms with Crippen LogP contribution in [-0.2, 0) is 17.9 Å². The molecule has 0 nitrogen and oxygen atoms in total. The first-order valence-electron chi connectivity index (χ1n) is 15.9. The summed E-state index contributed by atoms with van der Waals surface area (Å²) in [6.45, 7) is 4.23. The number of allylic oxidation sites excluding steroid dienone is 7. The van der Waals surface area contributed by atoms with Gasteiger partial charge < -0.3 is 0 Å². The van der Waals surface area contributed by atoms with Crippen LogP contribution in [0.3, 0.4) is 0 Å². The van der Waals surface area contributed by atoms with E-state index in [0.29, 0.717) is 0 Å². The van der Waals surface area contributed by atoms with Crippen molar-refractivity contribution in [3.63, 3.8) is 0 Å². The fourth-order valence-corrected chi connectivity index (χ4v) is 12.3. The molecule has 1 aliphatic carbocycles. The van der Waals surface area contributed by atoms with Crippen LogP contribution in [0.1, 0.15) is 44.2 Å². The van der Waals surface area contributed by atoms with Crippen molar-refractivity contribution >= 4 is 40.0 Å². The molecular weight excluding hydrogens is 750 g/mol. The van der Waals surface area contributed by atoms with Crippen LogP contribution < -0.4 is 15.9 Å². The third-order valence-electron chi connectivity index (χ3n) is 8.71. The fraction of sp³-hybridized carbons (Fsp3) is 0.114. The summed E-state index contributed by atoms with van der Waals surface area (Å²) in [5.74, 6) is 7.48. The van der Waals surface area contributed by atoms with Crippen LogP contribution in [0.15, 0.2) is 168 Å². The normalized spacial score (nSPS) is 15.5. The molecule has 0 N–H and O–H groups in total. The van der Waals surface area contributed by atoms with Crippen molar-refractivity contribution in [2.24, 2.45) is 0 Å². The molecule has 225 valence electrons. The van der Waals surface area contributed by atoms with Crippen LogP contribution in [0.5, 0.6) is 0 Å². The van der Waals surface area contributed by atoms with Gasteiger partial charge in [0.2, 0.25) is 0 Å². The van der Waals surface area contributed by atoms with Gasteiger partial charge in [0.05, 0.1) is 0 Å². The third-order valence-corrected chi connectivity index (χ3v) is 14.1. The summed E-state index contributed by atoms with van der Waals surface area (Å²) in [6, 6.07) is 46.1. The van der Waals surface area contributed by atoms with Crippen molar-refractivity contribution in [2.75, 3.05) is 0 Å². The van der Waals surface area contributed by atoms with Gasteiger partial charge in [-0.05, 0) is 0 Å². The third kappa shape index (κ3) is 6.24. The zero-order valence-electron chi connectivity index (χ0n) is 26.4. The van der Waals surface area contributed by atoms with Crippen LogP contribution in [0.4, 0.5) is 0 Å². The van der Waals surface area contributed by atoms with Gasteiger partial charge >= 0.3 is 286 Å². The van der Waals surface area contributed by atoms with Crippen LogP contribution in [0.2, 0.25) is 0 Å². The Morgan fingerprint density at radius 3 is 1.74 bits per heavy atom. The van der Waals surface area contributed by atoms with E-state index in [2.05, 4.69) is 182 Å². The van der Waals surface area contributed by atoms with E-state index in [-0.39, 0.29) is 0 Å². The average molecular weight is 787 g/mol. The number of hydrogen-bond donors (Lipinski definition) is 0. The van der Waals surface area contributed by atoms with Gasteiger partial charge in [-0.25, -0.2) is 0 Å². The zero-order valence-corrected chi connectivity index (χ0v) is 29.8. The molecule has 0 heterocycles. The van der Waals surface area contributed by atoms with Gasteiger partial charge in [-0.1, -0.05) is 0 Å². The topological polar surface area (TPSA) is 0 Å². The maximum atomic E-state index is 3.83. The number of benzene rings is 5. The van der Waals surface area contributed by atoms with E-state index in [1.165, 1.54) is 55.1 Å². The van der Waals surface area contributed by atoms with Crippen molar-refractivity contribution < 1.29 is 17.9 Å². The van der Waals surface area contributed by atoms with E-state index in [1.807, 2.05) is 17.9 Å². The molecule has 2 heteroatoms. The Hall–Kier alpha value is -4.27. The molecule has 0 unspecified atom stereocenters. The second kappa shape index (κ2) is 14.9. The van der Waals surface area contributed by atoms with Crippen molar-refractivity contribution in [2.45, 2.75) is 33.1 Å². The summed E-state index contributed by atoms with van der Waals surface area (Å²) in [7, 11) is -2.39. The van der Waals surface area contributed by atoms with E-state index in [0.717, 1.165) is 24.0 Å². The van der Waals surface area contributed by atoms with E-state index in [4.69, 9.17) is 0 Å². The van der Waals surface area contributed by atoms with Gasteiger partial charge in [0.1, 0.15) is 0 Å². The van der Waals surface area contributed by atoms with Crippen LogP contribution in [0, 0.1) is 16.2 Å². The molecule has 1 aliphatic rings. The van der Waals surface area contributed by atoms with Crippen LogP contribution >= 0.6 is 7.26 Å². The Balaban J connectivity index is 1.73. The second-order valence-corrected chi connectivity index (χ2v) is 15.3. The second-order valence-electron chi connectivity index (χ2n) is 11.4. The monoisotopic (exact) mass is 788 g/mol. The number of rotatable bonds is 6. The molecule has 0 atom stereocenters. The maximum absolute atomic E-state index is 3.83. The van der Waals surface area contributed by atoms with Crippen LogP contribution in [0.25, 0.3) is 16.8 Å². The molecule has 0 bridgehead atoms. The molecule has 0 spiro atoms. The summed E-state index contributed by atoms with van der Waals surface area (Å²) in [4.78, 5) is 0. The summed E-state index contributed by atoms with van der Waals surface area (Å²) in [6.07, 6.45) is 12.3. The minimum atomic E-state index is -2.39. The van der Waals surface area contributed by atoms with Crippen molar-refractivity contribution in [1.82, 2.24) is 0 Å². The molecule has 1 saturated carbocycles. The Bertz CT molecular complexity index is 1980. The molecule has 6 rings (SSSR count). The van der Waals surface area contributed by atoms with Crippen molar-refractivity contribution in [1.29, 1.82) is 0 Å². The quantitative estimate of drug-likeness (QED) is 0.119. The Morgan fingerprint density at radius 1 is 0.652 bits per heavy atom. The molecule has 0 amide bonds. The Kier molecular flexibility index (Phi) is 10.3. The predicted molar refractivity (Wildman–Crippen MR) is 197 cm³/mol. The summed E-state index contributed by atoms with van der Waals surface area (Å²) in [5.41, 5.74) is 6.13. The first-order chi connectivity index (χ1) is 22.7. The van der Waals surface area contributed by atoms with Crippen molar-refractivity contribution in [3.8, 4) is 16.2 Å². The van der Waals surface area contributed by atoms with E-state index < -0.39 is 7.26 Å². The molecule has 5 aromatic rings. The van der Waals surface area contributed by atoms with Gasteiger partial charge in [-0.15, -0.1) is 0 Å². The van der Waals surface area contributed by atoms with E-state index >= 15 is 0 Å². The van der Waals surface area contributed by atoms with Gasteiger partial charge in [0.25, 0.3) is 0 Å². The minimum absolute atomic E-state index is 1.04. The summed E-state index contributed by atoms with van der Waals surface area (Å²) < 4.78 is 3.83. The fourth-order valence-electron chi connectivity index (χ4n) is 6.59. The Morgan fingerprint density at radius 2 is 1.20 bits per heavy atom. The van der Waals surface area contributed by atoms with Crippen molar-refractivity contribution in [3.05, 3.63) is 179 Å². The molecular formula is C44H37OsP+. The first-order valence-corrected chi connectivity index (χ1v) is 19.0. The zero-order chi connectivity index (χ0) is 31.8. The molecule has 46 heavy (non-hydrogen) atoms. The van der Waals surface area contributed by atoms with Gasteiger partial charge in [-0.3, -0.25) is 0 Å². The van der Waals surface area contributed by atoms with E-state index in [9.17, 15) is 0 Å². The first kappa shape index (κ1) is 31.7. The number of fused-ring (bicyclic) bond motifs is 1. The number of hydrogen-bond acceptors (Lipinski definition) is 0. The van der Waals surface area contributed by atoms with E-state index in [1.54, 1.807) is 0 Å². The molecule has 5 aromatic carbocycles. The summed E-state index contributed by atoms with van der Waals surface area (Å²) >= 11 is 1.82. The molecule has 0 saturated heterocycles. The predicted octanol–water partition coefficient (Wildman–Crippen LogP) is 10.0. The summed E-state index contributed by atoms with van der Waals surface area (Å²) in [5, 5.41) is 7.50. The van der Waals surface area contributed by atoms with Gasteiger partial charge in [0, 0.05) is 0 Å². The molecule has 0 aliphatic heterocycles.